The third-order valence-electron chi connectivity index (χ3n) is 3.09. The third kappa shape index (κ3) is 3.06. The SMILES string of the molecule is COc1ccc(NC(CN)c2cn(C)nc2C)cc1. The van der Waals surface area contributed by atoms with Crippen molar-refractivity contribution in [3.63, 3.8) is 0 Å². The summed E-state index contributed by atoms with van der Waals surface area (Å²) in [5.41, 5.74) is 9.00. The summed E-state index contributed by atoms with van der Waals surface area (Å²) in [5.74, 6) is 0.840. The molecule has 0 bridgehead atoms. The van der Waals surface area contributed by atoms with Crippen LogP contribution in [0.3, 0.4) is 0 Å². The van der Waals surface area contributed by atoms with Crippen molar-refractivity contribution in [2.45, 2.75) is 13.0 Å². The molecular weight excluding hydrogens is 240 g/mol. The van der Waals surface area contributed by atoms with Gasteiger partial charge in [0.15, 0.2) is 0 Å². The fourth-order valence-corrected chi connectivity index (χ4v) is 2.11. The fourth-order valence-electron chi connectivity index (χ4n) is 2.11. The van der Waals surface area contributed by atoms with Crippen LogP contribution < -0.4 is 15.8 Å². The standard InChI is InChI=1S/C14H20N4O/c1-10-13(9-18(2)17-10)14(8-15)16-11-4-6-12(19-3)7-5-11/h4-7,9,14,16H,8,15H2,1-3H3. The minimum atomic E-state index is 0.0575. The predicted molar refractivity (Wildman–Crippen MR) is 76.4 cm³/mol. The molecular formula is C14H20N4O. The lowest BCUT2D eigenvalue weighted by atomic mass is 10.1. The zero-order chi connectivity index (χ0) is 13.8. The Kier molecular flexibility index (Phi) is 4.06. The number of aromatic nitrogens is 2. The quantitative estimate of drug-likeness (QED) is 0.861. The lowest BCUT2D eigenvalue weighted by Gasteiger charge is -2.17. The van der Waals surface area contributed by atoms with Crippen LogP contribution in [-0.4, -0.2) is 23.4 Å². The molecule has 5 heteroatoms. The summed E-state index contributed by atoms with van der Waals surface area (Å²) in [5, 5.41) is 7.77. The average molecular weight is 260 g/mol. The second kappa shape index (κ2) is 5.75. The molecule has 1 atom stereocenters. The number of aryl methyl sites for hydroxylation is 2. The van der Waals surface area contributed by atoms with Crippen LogP contribution in [-0.2, 0) is 7.05 Å². The maximum atomic E-state index is 5.86. The van der Waals surface area contributed by atoms with Crippen molar-refractivity contribution in [1.29, 1.82) is 0 Å². The van der Waals surface area contributed by atoms with Gasteiger partial charge in [0.1, 0.15) is 5.75 Å². The van der Waals surface area contributed by atoms with Crippen LogP contribution in [0, 0.1) is 6.92 Å². The van der Waals surface area contributed by atoms with Gasteiger partial charge in [-0.2, -0.15) is 5.10 Å². The molecule has 2 rings (SSSR count). The number of nitrogens with two attached hydrogens (primary N) is 1. The van der Waals surface area contributed by atoms with Gasteiger partial charge in [0.2, 0.25) is 0 Å². The molecule has 0 saturated carbocycles. The molecule has 0 saturated heterocycles. The van der Waals surface area contributed by atoms with Crippen molar-refractivity contribution in [2.24, 2.45) is 12.8 Å². The molecule has 0 fully saturated rings. The monoisotopic (exact) mass is 260 g/mol. The average Bonchev–Trinajstić information content (AvgIpc) is 2.75. The van der Waals surface area contributed by atoms with Gasteiger partial charge >= 0.3 is 0 Å². The Hall–Kier alpha value is -2.01. The molecule has 0 amide bonds. The molecule has 102 valence electrons. The van der Waals surface area contributed by atoms with Crippen LogP contribution in [0.25, 0.3) is 0 Å². The maximum absolute atomic E-state index is 5.86. The van der Waals surface area contributed by atoms with Crippen LogP contribution >= 0.6 is 0 Å². The van der Waals surface area contributed by atoms with Crippen molar-refractivity contribution in [1.82, 2.24) is 9.78 Å². The number of nitrogens with one attached hydrogen (secondary N) is 1. The second-order valence-electron chi connectivity index (χ2n) is 4.50. The Labute approximate surface area is 113 Å². The lowest BCUT2D eigenvalue weighted by Crippen LogP contribution is -2.20. The first-order chi connectivity index (χ1) is 9.13. The summed E-state index contributed by atoms with van der Waals surface area (Å²) in [7, 11) is 3.57. The van der Waals surface area contributed by atoms with E-state index in [9.17, 15) is 0 Å². The first-order valence-electron chi connectivity index (χ1n) is 6.25. The number of ether oxygens (including phenoxy) is 1. The molecule has 0 aliphatic carbocycles. The summed E-state index contributed by atoms with van der Waals surface area (Å²) in [6, 6.07) is 7.86. The topological polar surface area (TPSA) is 65.1 Å². The highest BCUT2D eigenvalue weighted by molar-refractivity contribution is 5.48. The van der Waals surface area contributed by atoms with Crippen LogP contribution in [0.1, 0.15) is 17.3 Å². The second-order valence-corrected chi connectivity index (χ2v) is 4.50. The molecule has 5 nitrogen and oxygen atoms in total. The van der Waals surface area contributed by atoms with Gasteiger partial charge in [-0.25, -0.2) is 0 Å². The van der Waals surface area contributed by atoms with Gasteiger partial charge in [-0.1, -0.05) is 0 Å². The van der Waals surface area contributed by atoms with Crippen molar-refractivity contribution >= 4 is 5.69 Å². The molecule has 3 N–H and O–H groups in total. The van der Waals surface area contributed by atoms with Gasteiger partial charge in [0, 0.05) is 31.0 Å². The summed E-state index contributed by atoms with van der Waals surface area (Å²) < 4.78 is 6.95. The van der Waals surface area contributed by atoms with E-state index in [0.29, 0.717) is 6.54 Å². The van der Waals surface area contributed by atoms with Crippen LogP contribution in [0.2, 0.25) is 0 Å². The number of anilines is 1. The number of hydrogen-bond acceptors (Lipinski definition) is 4. The molecule has 0 radical (unpaired) electrons. The molecule has 1 unspecified atom stereocenters. The smallest absolute Gasteiger partial charge is 0.119 e. The molecule has 1 aromatic carbocycles. The van der Waals surface area contributed by atoms with Crippen LogP contribution in [0.15, 0.2) is 30.5 Å². The fraction of sp³-hybridized carbons (Fsp3) is 0.357. The lowest BCUT2D eigenvalue weighted by molar-refractivity contribution is 0.415. The van der Waals surface area contributed by atoms with E-state index in [4.69, 9.17) is 10.5 Å². The zero-order valence-corrected chi connectivity index (χ0v) is 11.6. The molecule has 19 heavy (non-hydrogen) atoms. The van der Waals surface area contributed by atoms with Crippen molar-refractivity contribution in [3.8, 4) is 5.75 Å². The number of benzene rings is 1. The molecule has 0 spiro atoms. The van der Waals surface area contributed by atoms with Gasteiger partial charge in [0.05, 0.1) is 18.8 Å². The van der Waals surface area contributed by atoms with Gasteiger partial charge in [-0.3, -0.25) is 4.68 Å². The van der Waals surface area contributed by atoms with Gasteiger partial charge in [-0.05, 0) is 31.2 Å². The van der Waals surface area contributed by atoms with E-state index in [1.807, 2.05) is 49.1 Å². The number of hydrogen-bond donors (Lipinski definition) is 2. The molecule has 1 aromatic heterocycles. The number of nitrogens with zero attached hydrogens (tertiary/aromatic N) is 2. The summed E-state index contributed by atoms with van der Waals surface area (Å²) in [6.07, 6.45) is 2.00. The zero-order valence-electron chi connectivity index (χ0n) is 11.6. The number of rotatable bonds is 5. The summed E-state index contributed by atoms with van der Waals surface area (Å²) in [4.78, 5) is 0. The highest BCUT2D eigenvalue weighted by Crippen LogP contribution is 2.22. The van der Waals surface area contributed by atoms with Crippen molar-refractivity contribution in [3.05, 3.63) is 41.7 Å². The Balaban J connectivity index is 2.16. The van der Waals surface area contributed by atoms with E-state index in [2.05, 4.69) is 10.4 Å². The first kappa shape index (κ1) is 13.4. The maximum Gasteiger partial charge on any atom is 0.119 e. The van der Waals surface area contributed by atoms with Gasteiger partial charge in [-0.15, -0.1) is 0 Å². The van der Waals surface area contributed by atoms with E-state index in [-0.39, 0.29) is 6.04 Å². The summed E-state index contributed by atoms with van der Waals surface area (Å²) in [6.45, 7) is 2.51. The van der Waals surface area contributed by atoms with Crippen LogP contribution in [0.5, 0.6) is 5.75 Å². The predicted octanol–water partition coefficient (Wildman–Crippen LogP) is 1.85. The highest BCUT2D eigenvalue weighted by atomic mass is 16.5. The van der Waals surface area contributed by atoms with Crippen LogP contribution in [0.4, 0.5) is 5.69 Å². The number of methoxy groups -OCH3 is 1. The minimum Gasteiger partial charge on any atom is -0.497 e. The van der Waals surface area contributed by atoms with Crippen molar-refractivity contribution in [2.75, 3.05) is 19.0 Å². The normalized spacial score (nSPS) is 12.2. The Morgan fingerprint density at radius 3 is 2.53 bits per heavy atom. The van der Waals surface area contributed by atoms with E-state index in [0.717, 1.165) is 22.7 Å². The van der Waals surface area contributed by atoms with E-state index in [1.165, 1.54) is 0 Å². The van der Waals surface area contributed by atoms with E-state index >= 15 is 0 Å². The Morgan fingerprint density at radius 2 is 2.05 bits per heavy atom. The highest BCUT2D eigenvalue weighted by Gasteiger charge is 2.14. The minimum absolute atomic E-state index is 0.0575. The summed E-state index contributed by atoms with van der Waals surface area (Å²) >= 11 is 0. The Bertz CT molecular complexity index is 533. The Morgan fingerprint density at radius 1 is 1.37 bits per heavy atom. The molecule has 0 aliphatic rings. The largest absolute Gasteiger partial charge is 0.497 e. The van der Waals surface area contributed by atoms with E-state index < -0.39 is 0 Å². The van der Waals surface area contributed by atoms with Gasteiger partial charge in [0.25, 0.3) is 0 Å². The first-order valence-corrected chi connectivity index (χ1v) is 6.25. The van der Waals surface area contributed by atoms with E-state index in [1.54, 1.807) is 7.11 Å². The molecule has 0 aliphatic heterocycles. The molecule has 2 aromatic rings. The van der Waals surface area contributed by atoms with Crippen molar-refractivity contribution < 1.29 is 4.74 Å². The third-order valence-corrected chi connectivity index (χ3v) is 3.09. The molecule has 1 heterocycles. The van der Waals surface area contributed by atoms with Gasteiger partial charge < -0.3 is 15.8 Å².